The van der Waals surface area contributed by atoms with Gasteiger partial charge in [0.25, 0.3) is 0 Å². The molecule has 0 aliphatic carbocycles. The maximum absolute atomic E-state index is 12.8. The molecule has 0 saturated carbocycles. The minimum Gasteiger partial charge on any atom is -0.444 e. The molecule has 172 valence electrons. The van der Waals surface area contributed by atoms with Crippen LogP contribution in [-0.2, 0) is 11.3 Å². The molecule has 0 spiro atoms. The average Bonchev–Trinajstić information content (AvgIpc) is 3.14. The Hall–Kier alpha value is -3.53. The number of hydrogen-bond donors (Lipinski definition) is 1. The van der Waals surface area contributed by atoms with E-state index in [0.717, 1.165) is 41.8 Å². The first-order valence-corrected chi connectivity index (χ1v) is 11.5. The van der Waals surface area contributed by atoms with Crippen molar-refractivity contribution in [2.24, 2.45) is 0 Å². The smallest absolute Gasteiger partial charge is 0.410 e. The summed E-state index contributed by atoms with van der Waals surface area (Å²) in [5.74, 6) is 0.735. The lowest BCUT2D eigenvalue weighted by atomic mass is 10.0. The second kappa shape index (κ2) is 9.53. The van der Waals surface area contributed by atoms with Crippen LogP contribution >= 0.6 is 0 Å². The molecular weight excluding hydrogens is 414 g/mol. The van der Waals surface area contributed by atoms with Crippen molar-refractivity contribution >= 4 is 23.1 Å². The molecule has 1 aliphatic rings. The molecule has 2 aromatic carbocycles. The summed E-state index contributed by atoms with van der Waals surface area (Å²) in [6.07, 6.45) is 2.73. The Morgan fingerprint density at radius 2 is 1.94 bits per heavy atom. The van der Waals surface area contributed by atoms with E-state index in [1.165, 1.54) is 0 Å². The standard InChI is InChI=1S/C26H31N5O2/c1-26(2,3)33-25(32)30-15-9-8-12-21(30)17-28-24-29-22-13-6-7-14-23(22)31(24)18-20-11-5-4-10-19(20)16-27/h4-7,10-11,13-14,21H,8-9,12,15,17-18H2,1-3H3,(H,28,29)/t21-/m0/s1. The monoisotopic (exact) mass is 445 g/mol. The van der Waals surface area contributed by atoms with Gasteiger partial charge in [-0.25, -0.2) is 9.78 Å². The van der Waals surface area contributed by atoms with Crippen molar-refractivity contribution in [2.45, 2.75) is 58.2 Å². The number of anilines is 1. The lowest BCUT2D eigenvalue weighted by molar-refractivity contribution is 0.0114. The van der Waals surface area contributed by atoms with Gasteiger partial charge in [-0.15, -0.1) is 0 Å². The minimum absolute atomic E-state index is 0.0354. The number of fused-ring (bicyclic) bond motifs is 1. The van der Waals surface area contributed by atoms with Crippen LogP contribution in [0.25, 0.3) is 11.0 Å². The minimum atomic E-state index is -0.519. The van der Waals surface area contributed by atoms with E-state index in [1.807, 2.05) is 74.2 Å². The van der Waals surface area contributed by atoms with Crippen LogP contribution in [0.1, 0.15) is 51.2 Å². The number of carbonyl (C=O) groups excluding carboxylic acids is 1. The Morgan fingerprint density at radius 3 is 2.73 bits per heavy atom. The molecule has 7 nitrogen and oxygen atoms in total. The second-order valence-electron chi connectivity index (χ2n) is 9.48. The molecule has 1 saturated heterocycles. The van der Waals surface area contributed by atoms with Gasteiger partial charge in [0.05, 0.1) is 35.3 Å². The number of nitrogens with one attached hydrogen (secondary N) is 1. The van der Waals surface area contributed by atoms with Gasteiger partial charge in [-0.05, 0) is 63.8 Å². The fourth-order valence-corrected chi connectivity index (χ4v) is 4.29. The third-order valence-electron chi connectivity index (χ3n) is 5.87. The highest BCUT2D eigenvalue weighted by molar-refractivity contribution is 5.79. The van der Waals surface area contributed by atoms with Crippen molar-refractivity contribution in [2.75, 3.05) is 18.4 Å². The van der Waals surface area contributed by atoms with Crippen LogP contribution in [0.4, 0.5) is 10.7 Å². The van der Waals surface area contributed by atoms with Gasteiger partial charge in [0.2, 0.25) is 5.95 Å². The largest absolute Gasteiger partial charge is 0.444 e. The summed E-state index contributed by atoms with van der Waals surface area (Å²) in [7, 11) is 0. The number of aromatic nitrogens is 2. The van der Waals surface area contributed by atoms with Crippen LogP contribution in [0.3, 0.4) is 0 Å². The molecule has 0 bridgehead atoms. The van der Waals surface area contributed by atoms with Crippen LogP contribution in [0.15, 0.2) is 48.5 Å². The Balaban J connectivity index is 1.58. The molecule has 3 aromatic rings. The lowest BCUT2D eigenvalue weighted by Crippen LogP contribution is -2.49. The Kier molecular flexibility index (Phi) is 6.55. The number of carbonyl (C=O) groups is 1. The molecule has 2 heterocycles. The number of likely N-dealkylation sites (tertiary alicyclic amines) is 1. The number of benzene rings is 2. The normalized spacial score (nSPS) is 16.4. The topological polar surface area (TPSA) is 83.2 Å². The summed E-state index contributed by atoms with van der Waals surface area (Å²) >= 11 is 0. The van der Waals surface area contributed by atoms with E-state index in [0.29, 0.717) is 25.2 Å². The fourth-order valence-electron chi connectivity index (χ4n) is 4.29. The van der Waals surface area contributed by atoms with Crippen molar-refractivity contribution in [3.8, 4) is 6.07 Å². The molecule has 1 amide bonds. The Morgan fingerprint density at radius 1 is 1.18 bits per heavy atom. The number of nitrogens with zero attached hydrogens (tertiary/aromatic N) is 4. The molecule has 7 heteroatoms. The molecule has 33 heavy (non-hydrogen) atoms. The SMILES string of the molecule is CC(C)(C)OC(=O)N1CCCC[C@H]1CNc1nc2ccccc2n1Cc1ccccc1C#N. The highest BCUT2D eigenvalue weighted by Gasteiger charge is 2.30. The molecule has 1 N–H and O–H groups in total. The summed E-state index contributed by atoms with van der Waals surface area (Å²) in [4.78, 5) is 19.4. The first kappa shape index (κ1) is 22.7. The maximum atomic E-state index is 12.8. The van der Waals surface area contributed by atoms with E-state index in [9.17, 15) is 10.1 Å². The molecule has 1 aliphatic heterocycles. The predicted molar refractivity (Wildman–Crippen MR) is 129 cm³/mol. The van der Waals surface area contributed by atoms with Crippen LogP contribution in [-0.4, -0.2) is 45.3 Å². The van der Waals surface area contributed by atoms with E-state index in [2.05, 4.69) is 16.0 Å². The van der Waals surface area contributed by atoms with Gasteiger partial charge < -0.3 is 19.5 Å². The molecule has 0 radical (unpaired) electrons. The summed E-state index contributed by atoms with van der Waals surface area (Å²) in [6, 6.07) is 17.9. The zero-order valence-corrected chi connectivity index (χ0v) is 19.5. The van der Waals surface area contributed by atoms with E-state index < -0.39 is 5.60 Å². The number of imidazole rings is 1. The van der Waals surface area contributed by atoms with Crippen molar-refractivity contribution in [3.05, 3.63) is 59.7 Å². The maximum Gasteiger partial charge on any atom is 0.410 e. The number of ether oxygens (including phenoxy) is 1. The first-order valence-electron chi connectivity index (χ1n) is 11.5. The van der Waals surface area contributed by atoms with Gasteiger partial charge in [-0.1, -0.05) is 30.3 Å². The zero-order chi connectivity index (χ0) is 23.4. The van der Waals surface area contributed by atoms with Gasteiger partial charge in [-0.3, -0.25) is 0 Å². The summed E-state index contributed by atoms with van der Waals surface area (Å²) in [5, 5.41) is 13.0. The van der Waals surface area contributed by atoms with Crippen molar-refractivity contribution in [1.29, 1.82) is 5.26 Å². The summed E-state index contributed by atoms with van der Waals surface area (Å²) in [5.41, 5.74) is 2.97. The van der Waals surface area contributed by atoms with Gasteiger partial charge in [0.15, 0.2) is 0 Å². The Bertz CT molecular complexity index is 1170. The van der Waals surface area contributed by atoms with Gasteiger partial charge >= 0.3 is 6.09 Å². The van der Waals surface area contributed by atoms with Crippen LogP contribution in [0, 0.1) is 11.3 Å². The fraction of sp³-hybridized carbons (Fsp3) is 0.423. The van der Waals surface area contributed by atoms with E-state index >= 15 is 0 Å². The Labute approximate surface area is 195 Å². The number of piperidine rings is 1. The molecule has 1 aromatic heterocycles. The number of para-hydroxylation sites is 2. The van der Waals surface area contributed by atoms with Crippen molar-refractivity contribution < 1.29 is 9.53 Å². The quantitative estimate of drug-likeness (QED) is 0.587. The predicted octanol–water partition coefficient (Wildman–Crippen LogP) is 5.16. The van der Waals surface area contributed by atoms with E-state index in [1.54, 1.807) is 0 Å². The zero-order valence-electron chi connectivity index (χ0n) is 19.5. The number of nitriles is 1. The molecule has 4 rings (SSSR count). The van der Waals surface area contributed by atoms with Crippen LogP contribution < -0.4 is 5.32 Å². The first-order chi connectivity index (χ1) is 15.9. The lowest BCUT2D eigenvalue weighted by Gasteiger charge is -2.36. The second-order valence-corrected chi connectivity index (χ2v) is 9.48. The highest BCUT2D eigenvalue weighted by atomic mass is 16.6. The van der Waals surface area contributed by atoms with Gasteiger partial charge in [-0.2, -0.15) is 5.26 Å². The van der Waals surface area contributed by atoms with Crippen molar-refractivity contribution in [1.82, 2.24) is 14.5 Å². The average molecular weight is 446 g/mol. The number of hydrogen-bond acceptors (Lipinski definition) is 5. The molecule has 1 fully saturated rings. The van der Waals surface area contributed by atoms with Gasteiger partial charge in [0, 0.05) is 13.1 Å². The van der Waals surface area contributed by atoms with Crippen LogP contribution in [0.5, 0.6) is 0 Å². The third-order valence-corrected chi connectivity index (χ3v) is 5.87. The summed E-state index contributed by atoms with van der Waals surface area (Å²) < 4.78 is 7.75. The van der Waals surface area contributed by atoms with E-state index in [-0.39, 0.29) is 12.1 Å². The number of rotatable bonds is 5. The highest BCUT2D eigenvalue weighted by Crippen LogP contribution is 2.24. The summed E-state index contributed by atoms with van der Waals surface area (Å²) in [6.45, 7) is 7.50. The molecule has 0 unspecified atom stereocenters. The molecular formula is C26H31N5O2. The third kappa shape index (κ3) is 5.28. The van der Waals surface area contributed by atoms with Gasteiger partial charge in [0.1, 0.15) is 5.60 Å². The van der Waals surface area contributed by atoms with E-state index in [4.69, 9.17) is 9.72 Å². The van der Waals surface area contributed by atoms with Crippen LogP contribution in [0.2, 0.25) is 0 Å². The molecule has 1 atom stereocenters. The van der Waals surface area contributed by atoms with Crippen molar-refractivity contribution in [3.63, 3.8) is 0 Å². The number of amides is 1.